The van der Waals surface area contributed by atoms with E-state index in [0.717, 1.165) is 28.2 Å². The summed E-state index contributed by atoms with van der Waals surface area (Å²) in [5, 5.41) is 0. The highest BCUT2D eigenvalue weighted by Gasteiger charge is 2.16. The maximum Gasteiger partial charge on any atom is 0.143 e. The summed E-state index contributed by atoms with van der Waals surface area (Å²) >= 11 is 0. The number of nitrogens with two attached hydrogens (primary N) is 1. The lowest BCUT2D eigenvalue weighted by Crippen LogP contribution is -2.04. The fourth-order valence-electron chi connectivity index (χ4n) is 2.63. The molecule has 0 bridgehead atoms. The Bertz CT molecular complexity index is 790. The molecule has 0 unspecified atom stereocenters. The number of hydrogen-bond donors (Lipinski definition) is 1. The minimum atomic E-state index is 0.300. The quantitative estimate of drug-likeness (QED) is 0.741. The van der Waals surface area contributed by atoms with Crippen molar-refractivity contribution >= 4 is 16.7 Å². The van der Waals surface area contributed by atoms with Crippen LogP contribution in [0, 0.1) is 0 Å². The van der Waals surface area contributed by atoms with Gasteiger partial charge < -0.3 is 15.0 Å². The molecule has 2 N–H and O–H groups in total. The Morgan fingerprint density at radius 3 is 2.57 bits per heavy atom. The summed E-state index contributed by atoms with van der Waals surface area (Å²) < 4.78 is 7.43. The van der Waals surface area contributed by atoms with Crippen molar-refractivity contribution in [3.8, 4) is 17.1 Å². The molecule has 0 saturated carbocycles. The summed E-state index contributed by atoms with van der Waals surface area (Å²) in [7, 11) is 1.64. The molecule has 21 heavy (non-hydrogen) atoms. The Balaban J connectivity index is 2.27. The number of ether oxygens (including phenoxy) is 1. The lowest BCUT2D eigenvalue weighted by molar-refractivity contribution is 0.415. The second kappa shape index (κ2) is 5.13. The maximum absolute atomic E-state index is 6.19. The first-order chi connectivity index (χ1) is 10.1. The van der Waals surface area contributed by atoms with E-state index in [1.165, 1.54) is 0 Å². The molecule has 0 radical (unpaired) electrons. The molecule has 0 aliphatic carbocycles. The first-order valence-electron chi connectivity index (χ1n) is 7.02. The van der Waals surface area contributed by atoms with Gasteiger partial charge in [-0.25, -0.2) is 4.98 Å². The van der Waals surface area contributed by atoms with Crippen LogP contribution in [0.5, 0.6) is 5.75 Å². The largest absolute Gasteiger partial charge is 0.497 e. The number of aromatic nitrogens is 2. The van der Waals surface area contributed by atoms with Crippen LogP contribution in [0.25, 0.3) is 22.4 Å². The Labute approximate surface area is 124 Å². The molecule has 0 amide bonds. The predicted octanol–water partition coefficient (Wildman–Crippen LogP) is 3.88. The monoisotopic (exact) mass is 281 g/mol. The zero-order chi connectivity index (χ0) is 15.0. The molecule has 1 aromatic heterocycles. The van der Waals surface area contributed by atoms with E-state index < -0.39 is 0 Å². The van der Waals surface area contributed by atoms with Crippen LogP contribution in [0.1, 0.15) is 19.9 Å². The van der Waals surface area contributed by atoms with Gasteiger partial charge in [-0.3, -0.25) is 0 Å². The number of para-hydroxylation sites is 2. The van der Waals surface area contributed by atoms with Gasteiger partial charge in [-0.15, -0.1) is 0 Å². The van der Waals surface area contributed by atoms with Gasteiger partial charge in [0.25, 0.3) is 0 Å². The van der Waals surface area contributed by atoms with E-state index in [1.807, 2.05) is 36.4 Å². The lowest BCUT2D eigenvalue weighted by Gasteiger charge is -2.14. The van der Waals surface area contributed by atoms with Gasteiger partial charge in [-0.1, -0.05) is 12.1 Å². The van der Waals surface area contributed by atoms with E-state index in [-0.39, 0.29) is 0 Å². The third kappa shape index (κ3) is 2.23. The number of hydrogen-bond acceptors (Lipinski definition) is 3. The molecule has 3 aromatic rings. The average molecular weight is 281 g/mol. The molecule has 108 valence electrons. The van der Waals surface area contributed by atoms with Gasteiger partial charge in [0, 0.05) is 23.4 Å². The van der Waals surface area contributed by atoms with Gasteiger partial charge in [0.1, 0.15) is 11.6 Å². The van der Waals surface area contributed by atoms with E-state index in [4.69, 9.17) is 15.5 Å². The van der Waals surface area contributed by atoms with Gasteiger partial charge in [-0.2, -0.15) is 0 Å². The number of rotatable bonds is 3. The Morgan fingerprint density at radius 1 is 1.14 bits per heavy atom. The molecule has 4 nitrogen and oxygen atoms in total. The van der Waals surface area contributed by atoms with Crippen molar-refractivity contribution in [1.29, 1.82) is 0 Å². The number of imidazole rings is 1. The van der Waals surface area contributed by atoms with Crippen molar-refractivity contribution in [2.24, 2.45) is 0 Å². The second-order valence-electron chi connectivity index (χ2n) is 5.34. The summed E-state index contributed by atoms with van der Waals surface area (Å²) in [6, 6.07) is 14.2. The van der Waals surface area contributed by atoms with E-state index in [9.17, 15) is 0 Å². The highest BCUT2D eigenvalue weighted by Crippen LogP contribution is 2.33. The molecular formula is C17H19N3O. The Morgan fingerprint density at radius 2 is 1.90 bits per heavy atom. The number of methoxy groups -OCH3 is 1. The van der Waals surface area contributed by atoms with E-state index in [2.05, 4.69) is 24.5 Å². The zero-order valence-corrected chi connectivity index (χ0v) is 12.5. The van der Waals surface area contributed by atoms with Crippen LogP contribution in [0.3, 0.4) is 0 Å². The van der Waals surface area contributed by atoms with Gasteiger partial charge in [0.05, 0.1) is 18.1 Å². The summed E-state index contributed by atoms with van der Waals surface area (Å²) in [5.74, 6) is 1.65. The number of benzene rings is 2. The topological polar surface area (TPSA) is 53.1 Å². The van der Waals surface area contributed by atoms with Crippen LogP contribution < -0.4 is 10.5 Å². The average Bonchev–Trinajstić information content (AvgIpc) is 2.86. The first-order valence-corrected chi connectivity index (χ1v) is 7.02. The summed E-state index contributed by atoms with van der Waals surface area (Å²) in [6.45, 7) is 4.30. The van der Waals surface area contributed by atoms with Crippen LogP contribution in [0.15, 0.2) is 42.5 Å². The second-order valence-corrected chi connectivity index (χ2v) is 5.34. The minimum absolute atomic E-state index is 0.300. The molecule has 0 fully saturated rings. The summed E-state index contributed by atoms with van der Waals surface area (Å²) in [5.41, 5.74) is 9.90. The third-order valence-electron chi connectivity index (χ3n) is 3.61. The minimum Gasteiger partial charge on any atom is -0.497 e. The highest BCUT2D eigenvalue weighted by molar-refractivity contribution is 5.84. The SMILES string of the molecule is COc1ccc(-c2nc3ccccc3n2C(C)C)c(N)c1. The van der Waals surface area contributed by atoms with Crippen molar-refractivity contribution < 1.29 is 4.74 Å². The Kier molecular flexibility index (Phi) is 3.29. The predicted molar refractivity (Wildman–Crippen MR) is 86.5 cm³/mol. The molecule has 4 heteroatoms. The van der Waals surface area contributed by atoms with Gasteiger partial charge in [0.15, 0.2) is 0 Å². The molecule has 0 saturated heterocycles. The van der Waals surface area contributed by atoms with Crippen LogP contribution in [-0.2, 0) is 0 Å². The van der Waals surface area contributed by atoms with Gasteiger partial charge >= 0.3 is 0 Å². The van der Waals surface area contributed by atoms with Crippen LogP contribution in [0.2, 0.25) is 0 Å². The lowest BCUT2D eigenvalue weighted by atomic mass is 10.1. The smallest absolute Gasteiger partial charge is 0.143 e. The van der Waals surface area contributed by atoms with E-state index in [0.29, 0.717) is 11.7 Å². The fourth-order valence-corrected chi connectivity index (χ4v) is 2.63. The first kappa shape index (κ1) is 13.5. The van der Waals surface area contributed by atoms with E-state index >= 15 is 0 Å². The van der Waals surface area contributed by atoms with E-state index in [1.54, 1.807) is 7.11 Å². The standard InChI is InChI=1S/C17H19N3O/c1-11(2)20-16-7-5-4-6-15(16)19-17(20)13-9-8-12(21-3)10-14(13)18/h4-11H,18H2,1-3H3. The number of anilines is 1. The number of fused-ring (bicyclic) bond motifs is 1. The molecule has 2 aromatic carbocycles. The molecule has 0 aliphatic heterocycles. The fraction of sp³-hybridized carbons (Fsp3) is 0.235. The van der Waals surface area contributed by atoms with Crippen molar-refractivity contribution in [3.05, 3.63) is 42.5 Å². The maximum atomic E-state index is 6.19. The molecule has 1 heterocycles. The molecule has 0 atom stereocenters. The van der Waals surface area contributed by atoms with Crippen LogP contribution in [0.4, 0.5) is 5.69 Å². The van der Waals surface area contributed by atoms with Gasteiger partial charge in [-0.05, 0) is 38.1 Å². The van der Waals surface area contributed by atoms with Gasteiger partial charge in [0.2, 0.25) is 0 Å². The Hall–Kier alpha value is -2.49. The van der Waals surface area contributed by atoms with Crippen molar-refractivity contribution in [2.75, 3.05) is 12.8 Å². The molecule has 3 rings (SSSR count). The van der Waals surface area contributed by atoms with Crippen LogP contribution in [-0.4, -0.2) is 16.7 Å². The molecule has 0 aliphatic rings. The summed E-state index contributed by atoms with van der Waals surface area (Å²) in [6.07, 6.45) is 0. The van der Waals surface area contributed by atoms with Crippen molar-refractivity contribution in [1.82, 2.24) is 9.55 Å². The normalized spacial score (nSPS) is 11.2. The number of nitrogens with zero attached hydrogens (tertiary/aromatic N) is 2. The summed E-state index contributed by atoms with van der Waals surface area (Å²) in [4.78, 5) is 4.76. The third-order valence-corrected chi connectivity index (χ3v) is 3.61. The molecule has 0 spiro atoms. The van der Waals surface area contributed by atoms with Crippen molar-refractivity contribution in [2.45, 2.75) is 19.9 Å². The van der Waals surface area contributed by atoms with Crippen LogP contribution >= 0.6 is 0 Å². The molecular weight excluding hydrogens is 262 g/mol. The zero-order valence-electron chi connectivity index (χ0n) is 12.5. The van der Waals surface area contributed by atoms with Crippen molar-refractivity contribution in [3.63, 3.8) is 0 Å². The number of nitrogen functional groups attached to an aromatic ring is 1. The highest BCUT2D eigenvalue weighted by atomic mass is 16.5.